The van der Waals surface area contributed by atoms with Crippen LogP contribution in [0.5, 0.6) is 0 Å². The van der Waals surface area contributed by atoms with Crippen LogP contribution < -0.4 is 0 Å². The third kappa shape index (κ3) is 3.27. The number of halogens is 4. The van der Waals surface area contributed by atoms with Crippen molar-refractivity contribution in [2.24, 2.45) is 0 Å². The molecule has 0 N–H and O–H groups in total. The van der Waals surface area contributed by atoms with Gasteiger partial charge in [0.1, 0.15) is 5.82 Å². The van der Waals surface area contributed by atoms with E-state index >= 15 is 0 Å². The van der Waals surface area contributed by atoms with Gasteiger partial charge in [-0.15, -0.1) is 0 Å². The van der Waals surface area contributed by atoms with Gasteiger partial charge in [0.2, 0.25) is 5.70 Å². The molecule has 1 aromatic carbocycles. The molecule has 1 aromatic rings. The Balaban J connectivity index is 3.15. The smallest absolute Gasteiger partial charge is 0.259 e. The summed E-state index contributed by atoms with van der Waals surface area (Å²) in [5.74, 6) is -1.15. The van der Waals surface area contributed by atoms with Crippen molar-refractivity contribution in [2.75, 3.05) is 0 Å². The van der Waals surface area contributed by atoms with Gasteiger partial charge < -0.3 is 0 Å². The molecule has 0 unspecified atom stereocenters. The normalized spacial score (nSPS) is 12.6. The number of hydrogen-bond acceptors (Lipinski definition) is 2. The Kier molecular flexibility index (Phi) is 3.50. The van der Waals surface area contributed by atoms with Crippen molar-refractivity contribution in [1.82, 2.24) is 0 Å². The fourth-order valence-electron chi connectivity index (χ4n) is 1.10. The summed E-state index contributed by atoms with van der Waals surface area (Å²) in [4.78, 5) is 9.52. The van der Waals surface area contributed by atoms with Crippen LogP contribution in [0, 0.1) is 15.9 Å². The summed E-state index contributed by atoms with van der Waals surface area (Å²) in [6.45, 7) is 1.12. The average molecular weight is 249 g/mol. The van der Waals surface area contributed by atoms with E-state index in [-0.39, 0.29) is 11.3 Å². The van der Waals surface area contributed by atoms with E-state index in [0.29, 0.717) is 12.1 Å². The minimum Gasteiger partial charge on any atom is -0.259 e. The molecule has 0 aromatic heterocycles. The molecule has 0 bridgehead atoms. The maximum atomic E-state index is 13.2. The van der Waals surface area contributed by atoms with Gasteiger partial charge in [0.25, 0.3) is 0 Å². The van der Waals surface area contributed by atoms with E-state index in [0.717, 1.165) is 19.1 Å². The summed E-state index contributed by atoms with van der Waals surface area (Å²) in [6.07, 6.45) is -3.77. The van der Waals surface area contributed by atoms with Gasteiger partial charge in [-0.1, -0.05) is 6.07 Å². The van der Waals surface area contributed by atoms with Gasteiger partial charge in [-0.2, -0.15) is 13.2 Å². The van der Waals surface area contributed by atoms with Gasteiger partial charge in [-0.25, -0.2) is 4.39 Å². The quantitative estimate of drug-likeness (QED) is 0.457. The zero-order valence-corrected chi connectivity index (χ0v) is 8.58. The first-order chi connectivity index (χ1) is 7.71. The van der Waals surface area contributed by atoms with Crippen LogP contribution in [0.2, 0.25) is 0 Å². The molecule has 0 spiro atoms. The van der Waals surface area contributed by atoms with E-state index in [1.54, 1.807) is 0 Å². The molecule has 0 aliphatic heterocycles. The summed E-state index contributed by atoms with van der Waals surface area (Å²) in [6, 6.07) is 1.83. The number of allylic oxidation sites excluding steroid dienone is 1. The molecular weight excluding hydrogens is 242 g/mol. The van der Waals surface area contributed by atoms with Gasteiger partial charge in [0, 0.05) is 18.6 Å². The predicted molar refractivity (Wildman–Crippen MR) is 52.0 cm³/mol. The molecule has 0 saturated heterocycles. The standard InChI is InChI=1S/C10H7F4NO2/c1-6(15(16)17)4-7-2-3-8(5-9(7)11)10(12,13)14/h2-5H,1H3. The molecule has 92 valence electrons. The SMILES string of the molecule is CC(=Cc1ccc(C(F)(F)F)cc1F)[N+](=O)[O-]. The lowest BCUT2D eigenvalue weighted by Gasteiger charge is -2.07. The summed E-state index contributed by atoms with van der Waals surface area (Å²) >= 11 is 0. The Bertz CT molecular complexity index is 480. The molecule has 0 heterocycles. The molecule has 0 atom stereocenters. The zero-order chi connectivity index (χ0) is 13.2. The highest BCUT2D eigenvalue weighted by atomic mass is 19.4. The summed E-state index contributed by atoms with van der Waals surface area (Å²) in [5.41, 5.74) is -1.75. The maximum Gasteiger partial charge on any atom is 0.416 e. The number of alkyl halides is 3. The van der Waals surface area contributed by atoms with Crippen molar-refractivity contribution in [3.8, 4) is 0 Å². The Morgan fingerprint density at radius 2 is 2.00 bits per heavy atom. The molecule has 0 amide bonds. The van der Waals surface area contributed by atoms with Crippen molar-refractivity contribution < 1.29 is 22.5 Å². The maximum absolute atomic E-state index is 13.2. The Hall–Kier alpha value is -1.92. The third-order valence-corrected chi connectivity index (χ3v) is 1.98. The first kappa shape index (κ1) is 13.1. The minimum absolute atomic E-state index is 0.257. The zero-order valence-electron chi connectivity index (χ0n) is 8.58. The molecule has 0 aliphatic rings. The Morgan fingerprint density at radius 1 is 1.41 bits per heavy atom. The molecule has 0 aliphatic carbocycles. The van der Waals surface area contributed by atoms with Crippen LogP contribution in [0.15, 0.2) is 23.9 Å². The highest BCUT2D eigenvalue weighted by Gasteiger charge is 2.31. The number of nitro groups is 1. The predicted octanol–water partition coefficient (Wildman–Crippen LogP) is 3.48. The van der Waals surface area contributed by atoms with Crippen molar-refractivity contribution in [3.63, 3.8) is 0 Å². The van der Waals surface area contributed by atoms with E-state index in [1.165, 1.54) is 0 Å². The van der Waals surface area contributed by atoms with Crippen molar-refractivity contribution in [2.45, 2.75) is 13.1 Å². The second-order valence-corrected chi connectivity index (χ2v) is 3.28. The summed E-state index contributed by atoms with van der Waals surface area (Å²) in [5, 5.41) is 10.3. The first-order valence-electron chi connectivity index (χ1n) is 4.41. The van der Waals surface area contributed by atoms with Gasteiger partial charge in [-0.05, 0) is 12.1 Å². The number of benzene rings is 1. The van der Waals surface area contributed by atoms with Crippen molar-refractivity contribution >= 4 is 6.08 Å². The first-order valence-corrected chi connectivity index (χ1v) is 4.41. The molecule has 1 rings (SSSR count). The van der Waals surface area contributed by atoms with E-state index in [9.17, 15) is 27.7 Å². The third-order valence-electron chi connectivity index (χ3n) is 1.98. The van der Waals surface area contributed by atoms with Gasteiger partial charge >= 0.3 is 6.18 Å². The molecule has 3 nitrogen and oxygen atoms in total. The van der Waals surface area contributed by atoms with E-state index in [1.807, 2.05) is 0 Å². The molecule has 0 fully saturated rings. The van der Waals surface area contributed by atoms with Crippen LogP contribution in [0.1, 0.15) is 18.1 Å². The van der Waals surface area contributed by atoms with Crippen LogP contribution in [-0.4, -0.2) is 4.92 Å². The second-order valence-electron chi connectivity index (χ2n) is 3.28. The van der Waals surface area contributed by atoms with Crippen molar-refractivity contribution in [1.29, 1.82) is 0 Å². The van der Waals surface area contributed by atoms with E-state index in [2.05, 4.69) is 0 Å². The summed E-state index contributed by atoms with van der Waals surface area (Å²) in [7, 11) is 0. The fraction of sp³-hybridized carbons (Fsp3) is 0.200. The van der Waals surface area contributed by atoms with Crippen LogP contribution >= 0.6 is 0 Å². The Labute approximate surface area is 93.5 Å². The van der Waals surface area contributed by atoms with Crippen LogP contribution in [0.3, 0.4) is 0 Å². The lowest BCUT2D eigenvalue weighted by molar-refractivity contribution is -0.422. The highest BCUT2D eigenvalue weighted by molar-refractivity contribution is 5.52. The summed E-state index contributed by atoms with van der Waals surface area (Å²) < 4.78 is 49.8. The second kappa shape index (κ2) is 4.52. The van der Waals surface area contributed by atoms with Gasteiger partial charge in [0.15, 0.2) is 0 Å². The van der Waals surface area contributed by atoms with Gasteiger partial charge in [-0.3, -0.25) is 10.1 Å². The van der Waals surface area contributed by atoms with Crippen molar-refractivity contribution in [3.05, 3.63) is 51.0 Å². The average Bonchev–Trinajstić information content (AvgIpc) is 2.19. The van der Waals surface area contributed by atoms with Crippen LogP contribution in [0.25, 0.3) is 6.08 Å². The van der Waals surface area contributed by atoms with Gasteiger partial charge in [0.05, 0.1) is 10.5 Å². The Morgan fingerprint density at radius 3 is 2.41 bits per heavy atom. The van der Waals surface area contributed by atoms with Crippen LogP contribution in [-0.2, 0) is 6.18 Å². The lowest BCUT2D eigenvalue weighted by atomic mass is 10.1. The van der Waals surface area contributed by atoms with E-state index < -0.39 is 22.5 Å². The van der Waals surface area contributed by atoms with E-state index in [4.69, 9.17) is 0 Å². The number of hydrogen-bond donors (Lipinski definition) is 0. The minimum atomic E-state index is -4.64. The molecule has 0 radical (unpaired) electrons. The molecular formula is C10H7F4NO2. The number of rotatable bonds is 2. The molecule has 0 saturated carbocycles. The fourth-order valence-corrected chi connectivity index (χ4v) is 1.10. The molecule has 7 heteroatoms. The monoisotopic (exact) mass is 249 g/mol. The highest BCUT2D eigenvalue weighted by Crippen LogP contribution is 2.30. The number of nitrogens with zero attached hydrogens (tertiary/aromatic N) is 1. The van der Waals surface area contributed by atoms with Crippen LogP contribution in [0.4, 0.5) is 17.6 Å². The topological polar surface area (TPSA) is 43.1 Å². The largest absolute Gasteiger partial charge is 0.416 e. The molecule has 17 heavy (non-hydrogen) atoms. The lowest BCUT2D eigenvalue weighted by Crippen LogP contribution is -2.05.